The SMILES string of the molecule is CCOC(=O)c1c(-c2cccs2)csc1NC(=O)c1ccc(C(C)(C)C)cc1. The molecular formula is C22H23NO3S2. The van der Waals surface area contributed by atoms with Crippen LogP contribution < -0.4 is 5.32 Å². The maximum absolute atomic E-state index is 12.7. The number of anilines is 1. The third-order valence-corrected chi connectivity index (χ3v) is 6.10. The van der Waals surface area contributed by atoms with Crippen molar-refractivity contribution in [2.45, 2.75) is 33.1 Å². The van der Waals surface area contributed by atoms with Crippen LogP contribution in [0.1, 0.15) is 54.0 Å². The van der Waals surface area contributed by atoms with Gasteiger partial charge in [-0.2, -0.15) is 0 Å². The minimum absolute atomic E-state index is 0.0233. The number of nitrogens with one attached hydrogen (secondary N) is 1. The molecule has 0 aliphatic rings. The smallest absolute Gasteiger partial charge is 0.341 e. The first-order valence-corrected chi connectivity index (χ1v) is 10.8. The van der Waals surface area contributed by atoms with E-state index in [9.17, 15) is 9.59 Å². The lowest BCUT2D eigenvalue weighted by atomic mass is 9.87. The number of amides is 1. The van der Waals surface area contributed by atoms with Crippen molar-refractivity contribution in [2.24, 2.45) is 0 Å². The Balaban J connectivity index is 1.89. The van der Waals surface area contributed by atoms with Crippen molar-refractivity contribution in [1.29, 1.82) is 0 Å². The second kappa shape index (κ2) is 8.29. The third kappa shape index (κ3) is 4.34. The Bertz CT molecular complexity index is 964. The van der Waals surface area contributed by atoms with Gasteiger partial charge in [0.25, 0.3) is 5.91 Å². The summed E-state index contributed by atoms with van der Waals surface area (Å²) in [5.74, 6) is -0.670. The average Bonchev–Trinajstić information content (AvgIpc) is 3.30. The fourth-order valence-corrected chi connectivity index (χ4v) is 4.53. The molecule has 28 heavy (non-hydrogen) atoms. The number of hydrogen-bond donors (Lipinski definition) is 1. The van der Waals surface area contributed by atoms with Crippen LogP contribution >= 0.6 is 22.7 Å². The van der Waals surface area contributed by atoms with Crippen molar-refractivity contribution < 1.29 is 14.3 Å². The van der Waals surface area contributed by atoms with Crippen LogP contribution in [0.2, 0.25) is 0 Å². The minimum Gasteiger partial charge on any atom is -0.462 e. The van der Waals surface area contributed by atoms with E-state index in [0.717, 1.165) is 16.0 Å². The van der Waals surface area contributed by atoms with Crippen LogP contribution in [0.3, 0.4) is 0 Å². The van der Waals surface area contributed by atoms with Gasteiger partial charge in [-0.15, -0.1) is 22.7 Å². The van der Waals surface area contributed by atoms with Crippen molar-refractivity contribution in [1.82, 2.24) is 0 Å². The Labute approximate surface area is 173 Å². The first-order chi connectivity index (χ1) is 13.3. The standard InChI is InChI=1S/C22H23NO3S2/c1-5-26-21(25)18-16(17-7-6-12-27-17)13-28-20(18)23-19(24)14-8-10-15(11-9-14)22(2,3)4/h6-13H,5H2,1-4H3,(H,23,24). The van der Waals surface area contributed by atoms with Gasteiger partial charge in [-0.3, -0.25) is 4.79 Å². The molecule has 3 aromatic rings. The second-order valence-corrected chi connectivity index (χ2v) is 9.16. The monoisotopic (exact) mass is 413 g/mol. The number of hydrogen-bond acceptors (Lipinski definition) is 5. The molecule has 2 aromatic heterocycles. The van der Waals surface area contributed by atoms with E-state index in [2.05, 4.69) is 26.1 Å². The Hall–Kier alpha value is -2.44. The molecule has 0 aliphatic heterocycles. The molecule has 0 aliphatic carbocycles. The first-order valence-electron chi connectivity index (χ1n) is 9.05. The number of rotatable bonds is 5. The van der Waals surface area contributed by atoms with E-state index in [1.807, 2.05) is 47.2 Å². The van der Waals surface area contributed by atoms with Gasteiger partial charge in [-0.05, 0) is 41.5 Å². The number of benzene rings is 1. The van der Waals surface area contributed by atoms with Gasteiger partial charge in [-0.25, -0.2) is 4.79 Å². The van der Waals surface area contributed by atoms with Crippen molar-refractivity contribution in [2.75, 3.05) is 11.9 Å². The highest BCUT2D eigenvalue weighted by molar-refractivity contribution is 7.17. The zero-order valence-corrected chi connectivity index (χ0v) is 18.0. The quantitative estimate of drug-likeness (QED) is 0.506. The predicted molar refractivity (Wildman–Crippen MR) is 117 cm³/mol. The molecule has 0 saturated carbocycles. The average molecular weight is 414 g/mol. The molecule has 2 heterocycles. The van der Waals surface area contributed by atoms with E-state index >= 15 is 0 Å². The summed E-state index contributed by atoms with van der Waals surface area (Å²) in [5.41, 5.74) is 2.93. The normalized spacial score (nSPS) is 11.3. The van der Waals surface area contributed by atoms with Crippen molar-refractivity contribution in [3.05, 3.63) is 63.8 Å². The lowest BCUT2D eigenvalue weighted by Crippen LogP contribution is -2.16. The van der Waals surface area contributed by atoms with Gasteiger partial charge in [-0.1, -0.05) is 39.0 Å². The first kappa shape index (κ1) is 20.3. The van der Waals surface area contributed by atoms with E-state index in [1.54, 1.807) is 18.3 Å². The summed E-state index contributed by atoms with van der Waals surface area (Å²) < 4.78 is 5.23. The zero-order valence-electron chi connectivity index (χ0n) is 16.4. The summed E-state index contributed by atoms with van der Waals surface area (Å²) in [5, 5.41) is 7.24. The maximum Gasteiger partial charge on any atom is 0.341 e. The van der Waals surface area contributed by atoms with Crippen molar-refractivity contribution >= 4 is 39.6 Å². The van der Waals surface area contributed by atoms with Crippen LogP contribution in [-0.4, -0.2) is 18.5 Å². The Kier molecular flexibility index (Phi) is 6.01. The lowest BCUT2D eigenvalue weighted by molar-refractivity contribution is 0.0529. The van der Waals surface area contributed by atoms with Gasteiger partial charge in [0.15, 0.2) is 0 Å². The minimum atomic E-state index is -0.425. The number of thiophene rings is 2. The number of ether oxygens (including phenoxy) is 1. The molecule has 3 rings (SSSR count). The second-order valence-electron chi connectivity index (χ2n) is 7.33. The van der Waals surface area contributed by atoms with Gasteiger partial charge in [0.1, 0.15) is 10.6 Å². The summed E-state index contributed by atoms with van der Waals surface area (Å²) in [6.45, 7) is 8.44. The molecule has 0 bridgehead atoms. The van der Waals surface area contributed by atoms with Crippen LogP contribution in [0, 0.1) is 0 Å². The summed E-state index contributed by atoms with van der Waals surface area (Å²) >= 11 is 2.88. The molecular weight excluding hydrogens is 390 g/mol. The van der Waals surface area contributed by atoms with Gasteiger partial charge >= 0.3 is 5.97 Å². The van der Waals surface area contributed by atoms with Gasteiger partial charge in [0, 0.05) is 21.4 Å². The van der Waals surface area contributed by atoms with E-state index in [1.165, 1.54) is 11.3 Å². The fourth-order valence-electron chi connectivity index (χ4n) is 2.77. The van der Waals surface area contributed by atoms with Crippen LogP contribution in [-0.2, 0) is 10.2 Å². The fraction of sp³-hybridized carbons (Fsp3) is 0.273. The van der Waals surface area contributed by atoms with Crippen molar-refractivity contribution in [3.8, 4) is 10.4 Å². The summed E-state index contributed by atoms with van der Waals surface area (Å²) in [6.07, 6.45) is 0. The summed E-state index contributed by atoms with van der Waals surface area (Å²) in [4.78, 5) is 26.3. The largest absolute Gasteiger partial charge is 0.462 e. The van der Waals surface area contributed by atoms with E-state index in [-0.39, 0.29) is 17.9 Å². The lowest BCUT2D eigenvalue weighted by Gasteiger charge is -2.19. The molecule has 4 nitrogen and oxygen atoms in total. The molecule has 1 amide bonds. The topological polar surface area (TPSA) is 55.4 Å². The van der Waals surface area contributed by atoms with Gasteiger partial charge < -0.3 is 10.1 Å². The molecule has 0 unspecified atom stereocenters. The van der Waals surface area contributed by atoms with E-state index in [4.69, 9.17) is 4.74 Å². The number of carbonyl (C=O) groups excluding carboxylic acids is 2. The Morgan fingerprint density at radius 1 is 1.07 bits per heavy atom. The summed E-state index contributed by atoms with van der Waals surface area (Å²) in [7, 11) is 0. The maximum atomic E-state index is 12.7. The van der Waals surface area contributed by atoms with Crippen LogP contribution in [0.4, 0.5) is 5.00 Å². The highest BCUT2D eigenvalue weighted by Gasteiger charge is 2.23. The van der Waals surface area contributed by atoms with E-state index in [0.29, 0.717) is 16.1 Å². The third-order valence-electron chi connectivity index (χ3n) is 4.30. The van der Waals surface area contributed by atoms with Gasteiger partial charge in [0.05, 0.1) is 6.61 Å². The molecule has 0 spiro atoms. The highest BCUT2D eigenvalue weighted by Crippen LogP contribution is 2.38. The molecule has 0 saturated heterocycles. The molecule has 1 aromatic carbocycles. The van der Waals surface area contributed by atoms with Gasteiger partial charge in [0.2, 0.25) is 0 Å². The molecule has 1 N–H and O–H groups in total. The van der Waals surface area contributed by atoms with Crippen LogP contribution in [0.5, 0.6) is 0 Å². The molecule has 0 radical (unpaired) electrons. The van der Waals surface area contributed by atoms with E-state index < -0.39 is 5.97 Å². The highest BCUT2D eigenvalue weighted by atomic mass is 32.1. The molecule has 6 heteroatoms. The molecule has 0 fully saturated rings. The van der Waals surface area contributed by atoms with Crippen LogP contribution in [0.15, 0.2) is 47.2 Å². The van der Waals surface area contributed by atoms with Crippen LogP contribution in [0.25, 0.3) is 10.4 Å². The predicted octanol–water partition coefficient (Wildman–Crippen LogP) is 6.20. The Morgan fingerprint density at radius 3 is 2.36 bits per heavy atom. The summed E-state index contributed by atoms with van der Waals surface area (Å²) in [6, 6.07) is 11.4. The molecule has 146 valence electrons. The van der Waals surface area contributed by atoms with Crippen molar-refractivity contribution in [3.63, 3.8) is 0 Å². The number of esters is 1. The molecule has 0 atom stereocenters. The number of carbonyl (C=O) groups is 2. The zero-order chi connectivity index (χ0) is 20.3. The Morgan fingerprint density at radius 2 is 1.79 bits per heavy atom.